The fourth-order valence-corrected chi connectivity index (χ4v) is 3.80. The van der Waals surface area contributed by atoms with Crippen LogP contribution < -0.4 is 5.32 Å². The summed E-state index contributed by atoms with van der Waals surface area (Å²) in [6.07, 6.45) is 9.02. The summed E-state index contributed by atoms with van der Waals surface area (Å²) in [4.78, 5) is 0. The average Bonchev–Trinajstić information content (AvgIpc) is 2.19. The van der Waals surface area contributed by atoms with E-state index in [0.29, 0.717) is 0 Å². The van der Waals surface area contributed by atoms with Gasteiger partial charge in [0, 0.05) is 0 Å². The first-order valence-electron chi connectivity index (χ1n) is 6.46. The SMILES string of the molecule is CNCC1CCCC2CC[C@@H](C)CC21. The predicted molar refractivity (Wildman–Crippen MR) is 61.3 cm³/mol. The topological polar surface area (TPSA) is 12.0 Å². The Morgan fingerprint density at radius 3 is 2.79 bits per heavy atom. The Balaban J connectivity index is 1.97. The zero-order chi connectivity index (χ0) is 9.97. The molecule has 0 amide bonds. The molecule has 4 atom stereocenters. The summed E-state index contributed by atoms with van der Waals surface area (Å²) in [7, 11) is 2.11. The first-order chi connectivity index (χ1) is 6.81. The zero-order valence-corrected chi connectivity index (χ0v) is 9.76. The van der Waals surface area contributed by atoms with Gasteiger partial charge in [0.15, 0.2) is 0 Å². The highest BCUT2D eigenvalue weighted by Gasteiger charge is 2.36. The van der Waals surface area contributed by atoms with Crippen molar-refractivity contribution in [1.82, 2.24) is 5.32 Å². The van der Waals surface area contributed by atoms with E-state index in [1.807, 2.05) is 0 Å². The summed E-state index contributed by atoms with van der Waals surface area (Å²) in [5.41, 5.74) is 0. The molecule has 0 bridgehead atoms. The molecular weight excluding hydrogens is 170 g/mol. The summed E-state index contributed by atoms with van der Waals surface area (Å²) < 4.78 is 0. The smallest absolute Gasteiger partial charge is 0.00208 e. The Morgan fingerprint density at radius 1 is 1.14 bits per heavy atom. The van der Waals surface area contributed by atoms with Crippen molar-refractivity contribution in [2.24, 2.45) is 23.7 Å². The van der Waals surface area contributed by atoms with Gasteiger partial charge in [-0.25, -0.2) is 0 Å². The van der Waals surface area contributed by atoms with Crippen LogP contribution in [0.2, 0.25) is 0 Å². The Bertz CT molecular complexity index is 176. The minimum atomic E-state index is 0.987. The minimum Gasteiger partial charge on any atom is -0.319 e. The highest BCUT2D eigenvalue weighted by atomic mass is 14.8. The average molecular weight is 195 g/mol. The molecular formula is C13H25N. The third kappa shape index (κ3) is 2.13. The molecule has 0 aromatic heterocycles. The maximum absolute atomic E-state index is 3.39. The van der Waals surface area contributed by atoms with Crippen LogP contribution in [0.25, 0.3) is 0 Å². The van der Waals surface area contributed by atoms with Crippen LogP contribution in [-0.4, -0.2) is 13.6 Å². The van der Waals surface area contributed by atoms with E-state index < -0.39 is 0 Å². The first kappa shape index (κ1) is 10.5. The largest absolute Gasteiger partial charge is 0.319 e. The summed E-state index contributed by atoms with van der Waals surface area (Å²) >= 11 is 0. The number of fused-ring (bicyclic) bond motifs is 1. The molecule has 0 aromatic rings. The van der Waals surface area contributed by atoms with E-state index >= 15 is 0 Å². The molecule has 0 radical (unpaired) electrons. The van der Waals surface area contributed by atoms with E-state index in [1.54, 1.807) is 0 Å². The van der Waals surface area contributed by atoms with E-state index in [1.165, 1.54) is 45.1 Å². The lowest BCUT2D eigenvalue weighted by Crippen LogP contribution is -2.37. The van der Waals surface area contributed by atoms with Gasteiger partial charge in [-0.15, -0.1) is 0 Å². The summed E-state index contributed by atoms with van der Waals surface area (Å²) in [6.45, 7) is 3.70. The molecule has 2 aliphatic carbocycles. The number of nitrogens with one attached hydrogen (secondary N) is 1. The molecule has 1 N–H and O–H groups in total. The highest BCUT2D eigenvalue weighted by molar-refractivity contribution is 4.87. The van der Waals surface area contributed by atoms with E-state index in [4.69, 9.17) is 0 Å². The van der Waals surface area contributed by atoms with Crippen LogP contribution in [0, 0.1) is 23.7 Å². The Kier molecular flexibility index (Phi) is 3.48. The van der Waals surface area contributed by atoms with Gasteiger partial charge in [0.2, 0.25) is 0 Å². The van der Waals surface area contributed by atoms with Gasteiger partial charge < -0.3 is 5.32 Å². The van der Waals surface area contributed by atoms with Crippen molar-refractivity contribution in [1.29, 1.82) is 0 Å². The van der Waals surface area contributed by atoms with Gasteiger partial charge in [-0.2, -0.15) is 0 Å². The van der Waals surface area contributed by atoms with Gasteiger partial charge in [-0.3, -0.25) is 0 Å². The minimum absolute atomic E-state index is 0.987. The molecule has 2 rings (SSSR count). The fraction of sp³-hybridized carbons (Fsp3) is 1.00. The van der Waals surface area contributed by atoms with Crippen LogP contribution in [0.5, 0.6) is 0 Å². The molecule has 2 aliphatic rings. The molecule has 2 fully saturated rings. The first-order valence-corrected chi connectivity index (χ1v) is 6.46. The summed E-state index contributed by atoms with van der Waals surface area (Å²) in [5, 5.41) is 3.39. The van der Waals surface area contributed by atoms with Crippen molar-refractivity contribution < 1.29 is 0 Å². The van der Waals surface area contributed by atoms with E-state index in [0.717, 1.165) is 23.7 Å². The lowest BCUT2D eigenvalue weighted by atomic mass is 9.63. The highest BCUT2D eigenvalue weighted by Crippen LogP contribution is 2.45. The molecule has 14 heavy (non-hydrogen) atoms. The number of rotatable bonds is 2. The normalized spacial score (nSPS) is 43.3. The second-order valence-electron chi connectivity index (χ2n) is 5.59. The van der Waals surface area contributed by atoms with Gasteiger partial charge in [-0.05, 0) is 56.5 Å². The number of hydrogen-bond acceptors (Lipinski definition) is 1. The molecule has 0 aliphatic heterocycles. The molecule has 0 heterocycles. The van der Waals surface area contributed by atoms with Crippen LogP contribution in [0.15, 0.2) is 0 Å². The van der Waals surface area contributed by atoms with Crippen LogP contribution in [0.1, 0.15) is 45.4 Å². The molecule has 2 saturated carbocycles. The third-order valence-electron chi connectivity index (χ3n) is 4.53. The number of hydrogen-bond donors (Lipinski definition) is 1. The van der Waals surface area contributed by atoms with Gasteiger partial charge in [0.1, 0.15) is 0 Å². The maximum atomic E-state index is 3.39. The standard InChI is InChI=1S/C13H25N/c1-10-6-7-11-4-3-5-12(9-14-2)13(11)8-10/h10-14H,3-9H2,1-2H3/t10-,11?,12?,13?/m1/s1. The molecule has 1 nitrogen and oxygen atoms in total. The molecule has 0 spiro atoms. The van der Waals surface area contributed by atoms with Crippen LogP contribution in [0.4, 0.5) is 0 Å². The van der Waals surface area contributed by atoms with Crippen molar-refractivity contribution in [2.75, 3.05) is 13.6 Å². The Labute approximate surface area is 88.7 Å². The maximum Gasteiger partial charge on any atom is -0.00208 e. The van der Waals surface area contributed by atoms with E-state index in [2.05, 4.69) is 19.3 Å². The van der Waals surface area contributed by atoms with Crippen LogP contribution in [0.3, 0.4) is 0 Å². The third-order valence-corrected chi connectivity index (χ3v) is 4.53. The van der Waals surface area contributed by atoms with Gasteiger partial charge in [0.25, 0.3) is 0 Å². The fourth-order valence-electron chi connectivity index (χ4n) is 3.80. The van der Waals surface area contributed by atoms with E-state index in [9.17, 15) is 0 Å². The van der Waals surface area contributed by atoms with Crippen molar-refractivity contribution >= 4 is 0 Å². The monoisotopic (exact) mass is 195 g/mol. The van der Waals surface area contributed by atoms with Gasteiger partial charge >= 0.3 is 0 Å². The quantitative estimate of drug-likeness (QED) is 0.714. The van der Waals surface area contributed by atoms with Gasteiger partial charge in [-0.1, -0.05) is 26.2 Å². The lowest BCUT2D eigenvalue weighted by Gasteiger charge is -2.43. The van der Waals surface area contributed by atoms with Gasteiger partial charge in [0.05, 0.1) is 0 Å². The summed E-state index contributed by atoms with van der Waals surface area (Å²) in [6, 6.07) is 0. The summed E-state index contributed by atoms with van der Waals surface area (Å²) in [5.74, 6) is 4.12. The van der Waals surface area contributed by atoms with Crippen molar-refractivity contribution in [3.63, 3.8) is 0 Å². The molecule has 0 saturated heterocycles. The van der Waals surface area contributed by atoms with Crippen molar-refractivity contribution in [3.8, 4) is 0 Å². The van der Waals surface area contributed by atoms with Crippen LogP contribution >= 0.6 is 0 Å². The molecule has 1 heteroatoms. The van der Waals surface area contributed by atoms with Crippen LogP contribution in [-0.2, 0) is 0 Å². The second-order valence-corrected chi connectivity index (χ2v) is 5.59. The molecule has 3 unspecified atom stereocenters. The van der Waals surface area contributed by atoms with E-state index in [-0.39, 0.29) is 0 Å². The molecule has 82 valence electrons. The lowest BCUT2D eigenvalue weighted by molar-refractivity contribution is 0.0793. The van der Waals surface area contributed by atoms with Crippen molar-refractivity contribution in [3.05, 3.63) is 0 Å². The Hall–Kier alpha value is -0.0400. The predicted octanol–water partition coefficient (Wildman–Crippen LogP) is 3.06. The Morgan fingerprint density at radius 2 is 2.00 bits per heavy atom. The van der Waals surface area contributed by atoms with Crippen molar-refractivity contribution in [2.45, 2.75) is 45.4 Å². The molecule has 0 aromatic carbocycles. The second kappa shape index (κ2) is 4.65. The zero-order valence-electron chi connectivity index (χ0n) is 9.76.